The van der Waals surface area contributed by atoms with Crippen molar-refractivity contribution in [2.24, 2.45) is 5.92 Å². The average Bonchev–Trinajstić information content (AvgIpc) is 2.46. The minimum atomic E-state index is -1.19. The van der Waals surface area contributed by atoms with E-state index in [0.29, 0.717) is 12.5 Å². The topological polar surface area (TPSA) is 18.5 Å². The Morgan fingerprint density at radius 1 is 1.05 bits per heavy atom. The zero-order chi connectivity index (χ0) is 15.8. The van der Waals surface area contributed by atoms with Crippen molar-refractivity contribution < 1.29 is 22.6 Å². The molecular weight excluding hydrogens is 281 g/mol. The van der Waals surface area contributed by atoms with E-state index in [0.717, 1.165) is 12.8 Å². The van der Waals surface area contributed by atoms with Crippen molar-refractivity contribution in [2.45, 2.75) is 46.2 Å². The molecule has 1 unspecified atom stereocenters. The quantitative estimate of drug-likeness (QED) is 0.604. The van der Waals surface area contributed by atoms with E-state index in [2.05, 4.69) is 13.8 Å². The number of ether oxygens (including phenoxy) is 2. The van der Waals surface area contributed by atoms with Crippen LogP contribution in [0.1, 0.15) is 40.0 Å². The lowest BCUT2D eigenvalue weighted by molar-refractivity contribution is 0.184. The second-order valence-electron chi connectivity index (χ2n) is 5.39. The van der Waals surface area contributed by atoms with Crippen LogP contribution in [0.5, 0.6) is 11.5 Å². The van der Waals surface area contributed by atoms with E-state index in [9.17, 15) is 13.2 Å². The summed E-state index contributed by atoms with van der Waals surface area (Å²) in [6, 6.07) is 2.57. The summed E-state index contributed by atoms with van der Waals surface area (Å²) in [5.41, 5.74) is 0. The summed E-state index contributed by atoms with van der Waals surface area (Å²) in [6.07, 6.45) is 0.803. The Morgan fingerprint density at radius 3 is 2.14 bits per heavy atom. The summed E-state index contributed by atoms with van der Waals surface area (Å²) in [7, 11) is 0. The third-order valence-electron chi connectivity index (χ3n) is 3.06. The molecule has 0 N–H and O–H groups in total. The molecule has 0 radical (unpaired) electrons. The first-order valence-electron chi connectivity index (χ1n) is 7.33. The fraction of sp³-hybridized carbons (Fsp3) is 0.625. The zero-order valence-corrected chi connectivity index (χ0v) is 12.8. The Balaban J connectivity index is 2.58. The van der Waals surface area contributed by atoms with E-state index in [4.69, 9.17) is 9.47 Å². The van der Waals surface area contributed by atoms with Gasteiger partial charge in [-0.3, -0.25) is 0 Å². The molecule has 21 heavy (non-hydrogen) atoms. The van der Waals surface area contributed by atoms with Crippen LogP contribution in [0.4, 0.5) is 13.2 Å². The average molecular weight is 304 g/mol. The highest BCUT2D eigenvalue weighted by atomic mass is 19.2. The van der Waals surface area contributed by atoms with E-state index in [1.807, 2.05) is 0 Å². The van der Waals surface area contributed by atoms with Crippen molar-refractivity contribution >= 4 is 0 Å². The summed E-state index contributed by atoms with van der Waals surface area (Å²) in [5.74, 6) is -2.13. The maximum Gasteiger partial charge on any atom is 0.204 e. The Morgan fingerprint density at radius 2 is 1.62 bits per heavy atom. The molecular formula is C16H23F3O2. The molecule has 1 aromatic carbocycles. The van der Waals surface area contributed by atoms with Gasteiger partial charge in [-0.25, -0.2) is 4.39 Å². The molecule has 1 rings (SSSR count). The number of benzene rings is 1. The highest BCUT2D eigenvalue weighted by Gasteiger charge is 2.16. The predicted molar refractivity (Wildman–Crippen MR) is 76.6 cm³/mol. The van der Waals surface area contributed by atoms with Crippen LogP contribution in [0.3, 0.4) is 0 Å². The molecule has 0 amide bonds. The molecule has 0 saturated carbocycles. The van der Waals surface area contributed by atoms with Gasteiger partial charge in [0.15, 0.2) is 11.5 Å². The molecule has 0 aromatic heterocycles. The standard InChI is InChI=1S/C16H23F3O2/c1-4-12(17)10-21-14-8-7-13(15(18)16(14)19)20-9-5-6-11(2)3/h7-8,11-12H,4-6,9-10H2,1-3H3. The van der Waals surface area contributed by atoms with Gasteiger partial charge in [-0.1, -0.05) is 20.8 Å². The summed E-state index contributed by atoms with van der Waals surface area (Å²) in [6.45, 7) is 5.86. The maximum absolute atomic E-state index is 13.8. The van der Waals surface area contributed by atoms with E-state index in [-0.39, 0.29) is 24.5 Å². The zero-order valence-electron chi connectivity index (χ0n) is 12.8. The highest BCUT2D eigenvalue weighted by Crippen LogP contribution is 2.28. The van der Waals surface area contributed by atoms with Crippen molar-refractivity contribution in [2.75, 3.05) is 13.2 Å². The van der Waals surface area contributed by atoms with Gasteiger partial charge in [-0.2, -0.15) is 8.78 Å². The van der Waals surface area contributed by atoms with Crippen LogP contribution in [0.15, 0.2) is 12.1 Å². The van der Waals surface area contributed by atoms with Crippen LogP contribution in [0.25, 0.3) is 0 Å². The Kier molecular flexibility index (Phi) is 7.40. The lowest BCUT2D eigenvalue weighted by atomic mass is 10.1. The molecule has 0 spiro atoms. The van der Waals surface area contributed by atoms with Crippen molar-refractivity contribution in [3.63, 3.8) is 0 Å². The SMILES string of the molecule is CCC(F)COc1ccc(OCCCC(C)C)c(F)c1F. The van der Waals surface area contributed by atoms with E-state index in [1.54, 1.807) is 6.92 Å². The Bertz CT molecular complexity index is 436. The summed E-state index contributed by atoms with van der Waals surface area (Å²) >= 11 is 0. The van der Waals surface area contributed by atoms with E-state index in [1.165, 1.54) is 12.1 Å². The van der Waals surface area contributed by atoms with E-state index >= 15 is 0 Å². The third kappa shape index (κ3) is 5.86. The van der Waals surface area contributed by atoms with Crippen molar-refractivity contribution in [3.8, 4) is 11.5 Å². The summed E-state index contributed by atoms with van der Waals surface area (Å²) < 4.78 is 50.7. The van der Waals surface area contributed by atoms with E-state index < -0.39 is 17.8 Å². The Labute approximate surface area is 124 Å². The lowest BCUT2D eigenvalue weighted by Crippen LogP contribution is -2.12. The minimum Gasteiger partial charge on any atom is -0.490 e. The summed E-state index contributed by atoms with van der Waals surface area (Å²) in [4.78, 5) is 0. The molecule has 5 heteroatoms. The third-order valence-corrected chi connectivity index (χ3v) is 3.06. The molecule has 120 valence electrons. The Hall–Kier alpha value is -1.39. The van der Waals surface area contributed by atoms with Crippen LogP contribution < -0.4 is 9.47 Å². The maximum atomic E-state index is 13.8. The fourth-order valence-corrected chi connectivity index (χ4v) is 1.71. The number of halogens is 3. The first kappa shape index (κ1) is 17.7. The van der Waals surface area contributed by atoms with Gasteiger partial charge in [-0.05, 0) is 37.3 Å². The molecule has 0 heterocycles. The van der Waals surface area contributed by atoms with Gasteiger partial charge in [0.05, 0.1) is 6.61 Å². The van der Waals surface area contributed by atoms with Crippen LogP contribution in [0.2, 0.25) is 0 Å². The first-order chi connectivity index (χ1) is 9.95. The molecule has 0 aliphatic heterocycles. The van der Waals surface area contributed by atoms with Crippen molar-refractivity contribution in [1.29, 1.82) is 0 Å². The van der Waals surface area contributed by atoms with Crippen LogP contribution >= 0.6 is 0 Å². The molecule has 1 atom stereocenters. The predicted octanol–water partition coefficient (Wildman–Crippen LogP) is 4.91. The van der Waals surface area contributed by atoms with Gasteiger partial charge < -0.3 is 9.47 Å². The molecule has 0 fully saturated rings. The van der Waals surface area contributed by atoms with Gasteiger partial charge in [-0.15, -0.1) is 0 Å². The number of hydrogen-bond acceptors (Lipinski definition) is 2. The van der Waals surface area contributed by atoms with Crippen LogP contribution in [0, 0.1) is 17.6 Å². The first-order valence-corrected chi connectivity index (χ1v) is 7.33. The normalized spacial score (nSPS) is 12.5. The molecule has 1 aromatic rings. The van der Waals surface area contributed by atoms with Crippen LogP contribution in [-0.2, 0) is 0 Å². The number of alkyl halides is 1. The van der Waals surface area contributed by atoms with Gasteiger partial charge in [0.1, 0.15) is 12.8 Å². The van der Waals surface area contributed by atoms with Gasteiger partial charge in [0.25, 0.3) is 0 Å². The molecule has 0 aliphatic carbocycles. The molecule has 0 saturated heterocycles. The second kappa shape index (κ2) is 8.80. The highest BCUT2D eigenvalue weighted by molar-refractivity contribution is 5.35. The van der Waals surface area contributed by atoms with Gasteiger partial charge in [0, 0.05) is 0 Å². The van der Waals surface area contributed by atoms with Crippen molar-refractivity contribution in [3.05, 3.63) is 23.8 Å². The molecule has 2 nitrogen and oxygen atoms in total. The largest absolute Gasteiger partial charge is 0.490 e. The minimum absolute atomic E-state index is 0.143. The number of hydrogen-bond donors (Lipinski definition) is 0. The molecule has 0 aliphatic rings. The lowest BCUT2D eigenvalue weighted by Gasteiger charge is -2.12. The summed E-state index contributed by atoms with van der Waals surface area (Å²) in [5, 5.41) is 0. The van der Waals surface area contributed by atoms with Crippen LogP contribution in [-0.4, -0.2) is 19.4 Å². The van der Waals surface area contributed by atoms with Gasteiger partial charge >= 0.3 is 0 Å². The number of rotatable bonds is 9. The smallest absolute Gasteiger partial charge is 0.204 e. The fourth-order valence-electron chi connectivity index (χ4n) is 1.71. The second-order valence-corrected chi connectivity index (χ2v) is 5.39. The van der Waals surface area contributed by atoms with Crippen molar-refractivity contribution in [1.82, 2.24) is 0 Å². The van der Waals surface area contributed by atoms with Gasteiger partial charge in [0.2, 0.25) is 11.6 Å². The molecule has 0 bridgehead atoms. The monoisotopic (exact) mass is 304 g/mol.